The molecule has 0 aliphatic heterocycles. The van der Waals surface area contributed by atoms with E-state index in [9.17, 15) is 14.4 Å². The smallest absolute Gasteiger partial charge is 0.328 e. The number of carbonyl (C=O) groups excluding carboxylic acids is 3. The summed E-state index contributed by atoms with van der Waals surface area (Å²) in [6.07, 6.45) is 2.72. The Kier molecular flexibility index (Phi) is 7.52. The molecule has 1 aliphatic carbocycles. The molecule has 0 unspecified atom stereocenters. The highest BCUT2D eigenvalue weighted by atomic mass is 16.5. The molecule has 0 heterocycles. The van der Waals surface area contributed by atoms with Crippen molar-refractivity contribution >= 4 is 17.8 Å². The second-order valence-corrected chi connectivity index (χ2v) is 6.80. The second-order valence-electron chi connectivity index (χ2n) is 6.80. The van der Waals surface area contributed by atoms with E-state index in [1.807, 2.05) is 0 Å². The van der Waals surface area contributed by atoms with Gasteiger partial charge in [-0.2, -0.15) is 0 Å². The van der Waals surface area contributed by atoms with E-state index in [1.54, 1.807) is 0 Å². The van der Waals surface area contributed by atoms with E-state index in [-0.39, 0.29) is 18.2 Å². The van der Waals surface area contributed by atoms with Crippen molar-refractivity contribution in [2.75, 3.05) is 14.2 Å². The largest absolute Gasteiger partial charge is 0.469 e. The minimum Gasteiger partial charge on any atom is -0.469 e. The van der Waals surface area contributed by atoms with Crippen LogP contribution in [0.15, 0.2) is 0 Å². The van der Waals surface area contributed by atoms with Crippen LogP contribution in [0.25, 0.3) is 0 Å². The van der Waals surface area contributed by atoms with Gasteiger partial charge in [0.15, 0.2) is 0 Å². The molecule has 1 N–H and O–H groups in total. The number of rotatable bonds is 6. The number of carbonyl (C=O) groups is 3. The maximum absolute atomic E-state index is 12.7. The third kappa shape index (κ3) is 5.52. The van der Waals surface area contributed by atoms with E-state index in [2.05, 4.69) is 35.6 Å². The maximum atomic E-state index is 12.7. The zero-order chi connectivity index (χ0) is 17.6. The van der Waals surface area contributed by atoms with Gasteiger partial charge in [-0.3, -0.25) is 9.59 Å². The first kappa shape index (κ1) is 19.5. The van der Waals surface area contributed by atoms with Gasteiger partial charge in [0.25, 0.3) is 0 Å². The lowest BCUT2D eigenvalue weighted by atomic mass is 9.69. The van der Waals surface area contributed by atoms with Gasteiger partial charge in [-0.15, -0.1) is 0 Å². The molecule has 0 saturated heterocycles. The normalized spacial score (nSPS) is 25.6. The summed E-state index contributed by atoms with van der Waals surface area (Å²) < 4.78 is 9.26. The quantitative estimate of drug-likeness (QED) is 0.754. The van der Waals surface area contributed by atoms with Gasteiger partial charge in [0.05, 0.1) is 20.6 Å². The highest BCUT2D eigenvalue weighted by Gasteiger charge is 2.37. The molecule has 6 heteroatoms. The van der Waals surface area contributed by atoms with Crippen molar-refractivity contribution < 1.29 is 23.9 Å². The summed E-state index contributed by atoms with van der Waals surface area (Å²) in [6, 6.07) is -0.995. The number of amides is 1. The van der Waals surface area contributed by atoms with Crippen LogP contribution in [-0.2, 0) is 23.9 Å². The molecular formula is C17H29NO5. The molecule has 1 fully saturated rings. The van der Waals surface area contributed by atoms with Gasteiger partial charge >= 0.3 is 11.9 Å². The molecule has 0 aromatic heterocycles. The molecule has 4 atom stereocenters. The summed E-state index contributed by atoms with van der Waals surface area (Å²) >= 11 is 0. The number of esters is 2. The first-order valence-corrected chi connectivity index (χ1v) is 8.25. The second kappa shape index (κ2) is 8.89. The van der Waals surface area contributed by atoms with E-state index in [4.69, 9.17) is 0 Å². The third-order valence-corrected chi connectivity index (χ3v) is 4.76. The highest BCUT2D eigenvalue weighted by Crippen LogP contribution is 2.38. The van der Waals surface area contributed by atoms with Crippen molar-refractivity contribution in [2.45, 2.75) is 52.5 Å². The molecule has 6 nitrogen and oxygen atoms in total. The lowest BCUT2D eigenvalue weighted by Crippen LogP contribution is -2.48. The molecule has 1 aliphatic rings. The number of ether oxygens (including phenoxy) is 2. The van der Waals surface area contributed by atoms with Crippen molar-refractivity contribution in [3.63, 3.8) is 0 Å². The first-order chi connectivity index (χ1) is 10.8. The number of nitrogens with one attached hydrogen (secondary N) is 1. The first-order valence-electron chi connectivity index (χ1n) is 8.25. The minimum absolute atomic E-state index is 0.136. The molecule has 0 bridgehead atoms. The molecule has 1 saturated carbocycles. The molecule has 1 amide bonds. The van der Waals surface area contributed by atoms with Crippen LogP contribution in [-0.4, -0.2) is 38.1 Å². The van der Waals surface area contributed by atoms with Crippen LogP contribution < -0.4 is 5.32 Å². The highest BCUT2D eigenvalue weighted by molar-refractivity contribution is 5.89. The molecule has 132 valence electrons. The van der Waals surface area contributed by atoms with Crippen LogP contribution in [0.5, 0.6) is 0 Å². The van der Waals surface area contributed by atoms with Crippen LogP contribution in [0.1, 0.15) is 46.5 Å². The van der Waals surface area contributed by atoms with E-state index in [1.165, 1.54) is 14.2 Å². The molecule has 0 aromatic carbocycles. The third-order valence-electron chi connectivity index (χ3n) is 4.76. The maximum Gasteiger partial charge on any atom is 0.328 e. The SMILES string of the molecule is COC(=O)C[C@H](NC(=O)[C@H]1C[C@@H](C)CC[C@@H]1C(C)C)C(=O)OC. The van der Waals surface area contributed by atoms with Crippen LogP contribution in [0, 0.1) is 23.7 Å². The number of methoxy groups -OCH3 is 2. The summed E-state index contributed by atoms with van der Waals surface area (Å²) in [5, 5.41) is 2.69. The van der Waals surface area contributed by atoms with Crippen molar-refractivity contribution in [1.82, 2.24) is 5.32 Å². The van der Waals surface area contributed by atoms with Crippen LogP contribution in [0.3, 0.4) is 0 Å². The summed E-state index contributed by atoms with van der Waals surface area (Å²) in [7, 11) is 2.48. The fourth-order valence-electron chi connectivity index (χ4n) is 3.37. The van der Waals surface area contributed by atoms with Gasteiger partial charge in [0.1, 0.15) is 6.04 Å². The van der Waals surface area contributed by atoms with Gasteiger partial charge < -0.3 is 14.8 Å². The van der Waals surface area contributed by atoms with E-state index < -0.39 is 18.0 Å². The monoisotopic (exact) mass is 327 g/mol. The molecule has 23 heavy (non-hydrogen) atoms. The number of hydrogen-bond acceptors (Lipinski definition) is 5. The van der Waals surface area contributed by atoms with Gasteiger partial charge in [0.2, 0.25) is 5.91 Å². The van der Waals surface area contributed by atoms with Crippen molar-refractivity contribution in [3.05, 3.63) is 0 Å². The Morgan fingerprint density at radius 1 is 1.13 bits per heavy atom. The van der Waals surface area contributed by atoms with Gasteiger partial charge in [-0.1, -0.05) is 27.2 Å². The Bertz CT molecular complexity index is 435. The van der Waals surface area contributed by atoms with Crippen molar-refractivity contribution in [3.8, 4) is 0 Å². The molecule has 0 radical (unpaired) electrons. The topological polar surface area (TPSA) is 81.7 Å². The molecule has 0 spiro atoms. The van der Waals surface area contributed by atoms with Crippen molar-refractivity contribution in [2.24, 2.45) is 23.7 Å². The van der Waals surface area contributed by atoms with E-state index >= 15 is 0 Å². The summed E-state index contributed by atoms with van der Waals surface area (Å²) in [5.41, 5.74) is 0. The summed E-state index contributed by atoms with van der Waals surface area (Å²) in [5.74, 6) is -0.319. The van der Waals surface area contributed by atoms with Crippen LogP contribution in [0.4, 0.5) is 0 Å². The predicted octanol–water partition coefficient (Wildman–Crippen LogP) is 1.92. The predicted molar refractivity (Wildman–Crippen MR) is 85.4 cm³/mol. The Morgan fingerprint density at radius 2 is 1.78 bits per heavy atom. The Morgan fingerprint density at radius 3 is 2.30 bits per heavy atom. The van der Waals surface area contributed by atoms with E-state index in [0.717, 1.165) is 19.3 Å². The Hall–Kier alpha value is -1.59. The summed E-state index contributed by atoms with van der Waals surface area (Å²) in [6.45, 7) is 6.38. The van der Waals surface area contributed by atoms with Gasteiger partial charge in [0, 0.05) is 5.92 Å². The Labute approximate surface area is 138 Å². The lowest BCUT2D eigenvalue weighted by molar-refractivity contribution is -0.151. The average Bonchev–Trinajstić information content (AvgIpc) is 2.52. The minimum atomic E-state index is -0.995. The standard InChI is InChI=1S/C17H29NO5/c1-10(2)12-7-6-11(3)8-13(12)16(20)18-14(17(21)23-5)9-15(19)22-4/h10-14H,6-9H2,1-5H3,(H,18,20)/t11-,12+,13-,14-/m0/s1. The van der Waals surface area contributed by atoms with Gasteiger partial charge in [-0.05, 0) is 30.6 Å². The Balaban J connectivity index is 2.82. The fourth-order valence-corrected chi connectivity index (χ4v) is 3.37. The number of hydrogen-bond donors (Lipinski definition) is 1. The zero-order valence-corrected chi connectivity index (χ0v) is 14.8. The van der Waals surface area contributed by atoms with Crippen LogP contribution in [0.2, 0.25) is 0 Å². The molecular weight excluding hydrogens is 298 g/mol. The van der Waals surface area contributed by atoms with Crippen LogP contribution >= 0.6 is 0 Å². The molecule has 1 rings (SSSR count). The zero-order valence-electron chi connectivity index (χ0n) is 14.8. The van der Waals surface area contributed by atoms with Crippen molar-refractivity contribution in [1.29, 1.82) is 0 Å². The summed E-state index contributed by atoms with van der Waals surface area (Å²) in [4.78, 5) is 35.9. The fraction of sp³-hybridized carbons (Fsp3) is 0.824. The average molecular weight is 327 g/mol. The van der Waals surface area contributed by atoms with Gasteiger partial charge in [-0.25, -0.2) is 4.79 Å². The van der Waals surface area contributed by atoms with E-state index in [0.29, 0.717) is 17.8 Å². The lowest BCUT2D eigenvalue weighted by Gasteiger charge is -2.36. The molecule has 0 aromatic rings.